The van der Waals surface area contributed by atoms with Crippen LogP contribution in [0.2, 0.25) is 19.6 Å². The third-order valence-electron chi connectivity index (χ3n) is 11.9. The normalized spacial score (nSPS) is 17.7. The van der Waals surface area contributed by atoms with Crippen molar-refractivity contribution in [2.75, 3.05) is 0 Å². The van der Waals surface area contributed by atoms with Crippen LogP contribution in [0.3, 0.4) is 0 Å². The Morgan fingerprint density at radius 3 is 2.28 bits per heavy atom. The molecule has 4 aromatic carbocycles. The van der Waals surface area contributed by atoms with Gasteiger partial charge in [0.15, 0.2) is 11.6 Å². The molecule has 1 radical (unpaired) electrons. The molecule has 10 rings (SSSR count). The predicted octanol–water partition coefficient (Wildman–Crippen LogP) is 13.5. The molecule has 0 saturated heterocycles. The summed E-state index contributed by atoms with van der Waals surface area (Å²) in [5.74, 6) is 1.67. The number of fused-ring (bicyclic) bond motifs is 6. The van der Waals surface area contributed by atoms with Crippen LogP contribution in [0.1, 0.15) is 57.1 Å². The number of pyridine rings is 2. The molecule has 3 fully saturated rings. The fourth-order valence-corrected chi connectivity index (χ4v) is 11.9. The minimum Gasteiger partial charge on any atom is -0.305 e. The van der Waals surface area contributed by atoms with Crippen LogP contribution in [0, 0.1) is 47.4 Å². The standard InChI is InChI=1S/C32H26F2NS.C18H24NSi.Ir/c33-28-11-9-22(17-29(28)34)23-8-10-25-26-2-1-3-27(32(26)36-31(25)18-23)30-16-20(12-13-35-30)15-24-14-19-4-6-21(24)7-5-19;1-14(2)11-16-12-17(15-9-7-6-8-10-15)19-13-18(16)20(3,4)5;/h1-2,8-13,16-19,21,24H,4-7,14-15H2;6-9,12-14H,11H2,1-5H3;/q2*-1;. The van der Waals surface area contributed by atoms with Gasteiger partial charge in [0, 0.05) is 37.2 Å². The first-order valence-electron chi connectivity index (χ1n) is 20.2. The van der Waals surface area contributed by atoms with E-state index in [1.807, 2.05) is 36.5 Å². The fourth-order valence-electron chi connectivity index (χ4n) is 9.07. The molecule has 3 aliphatic carbocycles. The molecule has 2 bridgehead atoms. The van der Waals surface area contributed by atoms with E-state index in [4.69, 9.17) is 4.98 Å². The van der Waals surface area contributed by atoms with E-state index in [1.165, 1.54) is 65.9 Å². The molecule has 0 amide bonds. The zero-order valence-corrected chi connectivity index (χ0v) is 37.7. The predicted molar refractivity (Wildman–Crippen MR) is 234 cm³/mol. The Morgan fingerprint density at radius 2 is 1.58 bits per heavy atom. The fraction of sp³-hybridized carbons (Fsp3) is 0.320. The van der Waals surface area contributed by atoms with Crippen molar-refractivity contribution in [1.29, 1.82) is 0 Å². The Balaban J connectivity index is 0.000000202. The number of hydrogen-bond acceptors (Lipinski definition) is 3. The Hall–Kier alpha value is -3.87. The number of benzene rings is 4. The van der Waals surface area contributed by atoms with Gasteiger partial charge in [-0.25, -0.2) is 8.78 Å². The molecule has 1 atom stereocenters. The molecule has 295 valence electrons. The summed E-state index contributed by atoms with van der Waals surface area (Å²) in [7, 11) is -1.34. The van der Waals surface area contributed by atoms with E-state index in [0.29, 0.717) is 11.5 Å². The SMILES string of the molecule is CC(C)Cc1cc(-c2[c-]cccc2)ncc1[Si](C)(C)C.Fc1ccc(-c2ccc3c(c2)sc2c(-c4cc(CC5CC6CCC5CC6)ccn4)[c-]ccc23)cc1F.[Ir]. The summed E-state index contributed by atoms with van der Waals surface area (Å²) in [4.78, 5) is 9.44. The number of nitrogens with zero attached hydrogens (tertiary/aromatic N) is 2. The van der Waals surface area contributed by atoms with Gasteiger partial charge in [0.1, 0.15) is 0 Å². The summed E-state index contributed by atoms with van der Waals surface area (Å²) in [5.41, 5.74) is 8.54. The Labute approximate surface area is 355 Å². The second-order valence-electron chi connectivity index (χ2n) is 17.4. The minimum absolute atomic E-state index is 0. The van der Waals surface area contributed by atoms with E-state index >= 15 is 0 Å². The maximum Gasteiger partial charge on any atom is 0.159 e. The first kappa shape index (κ1) is 41.3. The molecule has 1 unspecified atom stereocenters. The maximum atomic E-state index is 13.8. The summed E-state index contributed by atoms with van der Waals surface area (Å²) in [6, 6.07) is 35.8. The number of rotatable bonds is 8. The van der Waals surface area contributed by atoms with Gasteiger partial charge in [-0.05, 0) is 118 Å². The number of hydrogen-bond donors (Lipinski definition) is 0. The summed E-state index contributed by atoms with van der Waals surface area (Å²) < 4.78 is 29.5. The molecule has 7 aromatic rings. The van der Waals surface area contributed by atoms with E-state index in [2.05, 4.69) is 99.3 Å². The molecular formula is C50H50F2IrN2SSi-2. The van der Waals surface area contributed by atoms with Gasteiger partial charge in [0.2, 0.25) is 0 Å². The summed E-state index contributed by atoms with van der Waals surface area (Å²) in [5, 5.41) is 3.83. The monoisotopic (exact) mass is 969 g/mol. The molecule has 0 aliphatic heterocycles. The first-order valence-corrected chi connectivity index (χ1v) is 24.6. The molecule has 0 N–H and O–H groups in total. The Bertz CT molecular complexity index is 2480. The minimum atomic E-state index is -1.34. The van der Waals surface area contributed by atoms with Crippen LogP contribution in [0.5, 0.6) is 0 Å². The van der Waals surface area contributed by atoms with Crippen LogP contribution in [0.25, 0.3) is 53.8 Å². The molecule has 3 aromatic heterocycles. The van der Waals surface area contributed by atoms with Gasteiger partial charge in [0.25, 0.3) is 0 Å². The van der Waals surface area contributed by atoms with Crippen molar-refractivity contribution in [3.8, 4) is 33.6 Å². The molecule has 3 heterocycles. The molecular weight excluding hydrogens is 919 g/mol. The second kappa shape index (κ2) is 17.5. The zero-order chi connectivity index (χ0) is 39.0. The van der Waals surface area contributed by atoms with E-state index in [1.54, 1.807) is 17.4 Å². The van der Waals surface area contributed by atoms with Crippen LogP contribution in [0.15, 0.2) is 103 Å². The van der Waals surface area contributed by atoms with Crippen molar-refractivity contribution in [1.82, 2.24) is 9.97 Å². The molecule has 0 spiro atoms. The maximum absolute atomic E-state index is 13.8. The van der Waals surface area contributed by atoms with Crippen molar-refractivity contribution in [3.63, 3.8) is 0 Å². The van der Waals surface area contributed by atoms with Crippen molar-refractivity contribution in [2.45, 2.75) is 78.4 Å². The van der Waals surface area contributed by atoms with Crippen LogP contribution in [-0.4, -0.2) is 18.0 Å². The number of aromatic nitrogens is 2. The van der Waals surface area contributed by atoms with Gasteiger partial charge in [0.05, 0.1) is 8.07 Å². The largest absolute Gasteiger partial charge is 0.305 e. The molecule has 2 nitrogen and oxygen atoms in total. The zero-order valence-electron chi connectivity index (χ0n) is 33.5. The molecule has 7 heteroatoms. The van der Waals surface area contributed by atoms with Gasteiger partial charge in [-0.1, -0.05) is 93.2 Å². The second-order valence-corrected chi connectivity index (χ2v) is 23.5. The van der Waals surface area contributed by atoms with Crippen LogP contribution in [0.4, 0.5) is 8.78 Å². The Morgan fingerprint density at radius 1 is 0.789 bits per heavy atom. The smallest absolute Gasteiger partial charge is 0.159 e. The van der Waals surface area contributed by atoms with E-state index in [9.17, 15) is 8.78 Å². The average molecular weight is 969 g/mol. The quantitative estimate of drug-likeness (QED) is 0.112. The van der Waals surface area contributed by atoms with E-state index in [0.717, 1.165) is 73.5 Å². The van der Waals surface area contributed by atoms with Crippen molar-refractivity contribution in [3.05, 3.63) is 138 Å². The summed E-state index contributed by atoms with van der Waals surface area (Å²) in [6.07, 6.45) is 13.4. The summed E-state index contributed by atoms with van der Waals surface area (Å²) >= 11 is 1.71. The molecule has 3 saturated carbocycles. The topological polar surface area (TPSA) is 25.8 Å². The number of halogens is 2. The van der Waals surface area contributed by atoms with E-state index < -0.39 is 19.7 Å². The first-order chi connectivity index (χ1) is 27.0. The van der Waals surface area contributed by atoms with Crippen molar-refractivity contribution < 1.29 is 28.9 Å². The van der Waals surface area contributed by atoms with Crippen LogP contribution < -0.4 is 5.19 Å². The van der Waals surface area contributed by atoms with Crippen LogP contribution in [-0.2, 0) is 32.9 Å². The van der Waals surface area contributed by atoms with Crippen molar-refractivity contribution >= 4 is 44.8 Å². The van der Waals surface area contributed by atoms with Gasteiger partial charge in [-0.15, -0.1) is 59.7 Å². The molecule has 57 heavy (non-hydrogen) atoms. The van der Waals surface area contributed by atoms with Gasteiger partial charge >= 0.3 is 0 Å². The van der Waals surface area contributed by atoms with Crippen LogP contribution >= 0.6 is 11.3 Å². The average Bonchev–Trinajstić information content (AvgIpc) is 3.58. The number of thiophene rings is 1. The Kier molecular flexibility index (Phi) is 12.7. The molecule has 3 aliphatic rings. The summed E-state index contributed by atoms with van der Waals surface area (Å²) in [6.45, 7) is 11.7. The van der Waals surface area contributed by atoms with Gasteiger partial charge in [-0.3, -0.25) is 0 Å². The van der Waals surface area contributed by atoms with Gasteiger partial charge in [-0.2, -0.15) is 11.3 Å². The van der Waals surface area contributed by atoms with Gasteiger partial charge < -0.3 is 9.97 Å². The van der Waals surface area contributed by atoms with E-state index in [-0.39, 0.29) is 20.1 Å². The third kappa shape index (κ3) is 9.23. The van der Waals surface area contributed by atoms with Crippen molar-refractivity contribution in [2.24, 2.45) is 23.7 Å². The third-order valence-corrected chi connectivity index (χ3v) is 15.1.